The van der Waals surface area contributed by atoms with Gasteiger partial charge in [0.25, 0.3) is 0 Å². The lowest BCUT2D eigenvalue weighted by Gasteiger charge is -2.16. The second-order valence-electron chi connectivity index (χ2n) is 6.70. The fourth-order valence-corrected chi connectivity index (χ4v) is 4.00. The van der Waals surface area contributed by atoms with E-state index < -0.39 is 16.0 Å². The van der Waals surface area contributed by atoms with Crippen LogP contribution in [0.25, 0.3) is 0 Å². The van der Waals surface area contributed by atoms with Crippen molar-refractivity contribution in [2.45, 2.75) is 50.2 Å². The fraction of sp³-hybridized carbons (Fsp3) is 0.611. The summed E-state index contributed by atoms with van der Waals surface area (Å²) in [5.41, 5.74) is 0.283. The van der Waals surface area contributed by atoms with Crippen LogP contribution >= 0.6 is 0 Å². The summed E-state index contributed by atoms with van der Waals surface area (Å²) in [6.07, 6.45) is 2.40. The molecule has 1 heterocycles. The van der Waals surface area contributed by atoms with E-state index in [4.69, 9.17) is 9.47 Å². The topological polar surface area (TPSA) is 114 Å². The summed E-state index contributed by atoms with van der Waals surface area (Å²) in [5.74, 6) is -1.18. The molecule has 0 aromatic heterocycles. The van der Waals surface area contributed by atoms with Gasteiger partial charge in [0.1, 0.15) is 4.90 Å². The Morgan fingerprint density at radius 3 is 2.81 bits per heavy atom. The Balaban J connectivity index is 2.09. The van der Waals surface area contributed by atoms with Crippen LogP contribution in [0.3, 0.4) is 0 Å². The van der Waals surface area contributed by atoms with Crippen molar-refractivity contribution in [2.75, 3.05) is 31.6 Å². The first-order valence-electron chi connectivity index (χ1n) is 9.13. The van der Waals surface area contributed by atoms with Gasteiger partial charge in [0, 0.05) is 26.3 Å². The molecule has 1 aromatic carbocycles. The van der Waals surface area contributed by atoms with Crippen molar-refractivity contribution in [3.63, 3.8) is 0 Å². The summed E-state index contributed by atoms with van der Waals surface area (Å²) in [6, 6.07) is 4.04. The molecule has 1 aliphatic rings. The summed E-state index contributed by atoms with van der Waals surface area (Å²) in [7, 11) is -3.88. The van der Waals surface area contributed by atoms with Gasteiger partial charge in [0.15, 0.2) is 0 Å². The van der Waals surface area contributed by atoms with Crippen molar-refractivity contribution >= 4 is 21.7 Å². The quantitative estimate of drug-likeness (QED) is 0.487. The molecule has 3 N–H and O–H groups in total. The molecule has 1 saturated heterocycles. The Bertz CT molecular complexity index is 729. The number of hydrogen-bond acceptors (Lipinski definition) is 6. The minimum absolute atomic E-state index is 0.0785. The number of carbonyl (C=O) groups is 1. The van der Waals surface area contributed by atoms with E-state index in [1.54, 1.807) is 0 Å². The van der Waals surface area contributed by atoms with Crippen LogP contribution in [0.4, 0.5) is 5.69 Å². The van der Waals surface area contributed by atoms with Gasteiger partial charge in [0.05, 0.1) is 23.5 Å². The van der Waals surface area contributed by atoms with Crippen LogP contribution in [0.15, 0.2) is 23.1 Å². The lowest BCUT2D eigenvalue weighted by Crippen LogP contribution is -2.32. The maximum atomic E-state index is 12.7. The van der Waals surface area contributed by atoms with Crippen LogP contribution in [-0.2, 0) is 19.5 Å². The SMILES string of the molecule is CC(C)OCCCNc1ccc(C(=O)O)cc1S(=O)(=O)NC[C@H]1CCCO1. The number of nitrogens with one attached hydrogen (secondary N) is 2. The molecule has 8 nitrogen and oxygen atoms in total. The number of aromatic carboxylic acids is 1. The highest BCUT2D eigenvalue weighted by molar-refractivity contribution is 7.89. The third-order valence-corrected chi connectivity index (χ3v) is 5.59. The van der Waals surface area contributed by atoms with Gasteiger partial charge in [-0.2, -0.15) is 0 Å². The van der Waals surface area contributed by atoms with Gasteiger partial charge in [-0.25, -0.2) is 17.9 Å². The molecule has 9 heteroatoms. The van der Waals surface area contributed by atoms with Gasteiger partial charge in [-0.3, -0.25) is 0 Å². The molecule has 0 aliphatic carbocycles. The van der Waals surface area contributed by atoms with E-state index in [-0.39, 0.29) is 29.2 Å². The summed E-state index contributed by atoms with van der Waals surface area (Å²) >= 11 is 0. The second-order valence-corrected chi connectivity index (χ2v) is 8.44. The highest BCUT2D eigenvalue weighted by atomic mass is 32.2. The van der Waals surface area contributed by atoms with Gasteiger partial charge in [-0.05, 0) is 51.3 Å². The molecular weight excluding hydrogens is 372 g/mol. The van der Waals surface area contributed by atoms with E-state index in [2.05, 4.69) is 10.0 Å². The number of sulfonamides is 1. The van der Waals surface area contributed by atoms with Crippen molar-refractivity contribution in [1.29, 1.82) is 0 Å². The van der Waals surface area contributed by atoms with Crippen molar-refractivity contribution in [2.24, 2.45) is 0 Å². The molecule has 0 radical (unpaired) electrons. The normalized spacial score (nSPS) is 17.4. The predicted molar refractivity (Wildman–Crippen MR) is 102 cm³/mol. The highest BCUT2D eigenvalue weighted by Crippen LogP contribution is 2.23. The van der Waals surface area contributed by atoms with E-state index in [1.165, 1.54) is 18.2 Å². The highest BCUT2D eigenvalue weighted by Gasteiger charge is 2.23. The molecule has 1 aliphatic heterocycles. The zero-order valence-electron chi connectivity index (χ0n) is 15.7. The molecule has 1 aromatic rings. The Hall–Kier alpha value is -1.68. The van der Waals surface area contributed by atoms with Gasteiger partial charge in [-0.15, -0.1) is 0 Å². The molecule has 27 heavy (non-hydrogen) atoms. The van der Waals surface area contributed by atoms with Gasteiger partial charge in [0.2, 0.25) is 10.0 Å². The number of benzene rings is 1. The van der Waals surface area contributed by atoms with E-state index in [0.29, 0.717) is 31.9 Å². The lowest BCUT2D eigenvalue weighted by atomic mass is 10.2. The van der Waals surface area contributed by atoms with E-state index in [1.807, 2.05) is 13.8 Å². The third kappa shape index (κ3) is 6.76. The zero-order valence-corrected chi connectivity index (χ0v) is 16.5. The van der Waals surface area contributed by atoms with Crippen LogP contribution in [0.5, 0.6) is 0 Å². The van der Waals surface area contributed by atoms with Gasteiger partial charge in [-0.1, -0.05) is 0 Å². The number of hydrogen-bond donors (Lipinski definition) is 3. The average Bonchev–Trinajstić information content (AvgIpc) is 3.13. The first kappa shape index (κ1) is 21.6. The van der Waals surface area contributed by atoms with Crippen LogP contribution in [-0.4, -0.2) is 58.0 Å². The molecular formula is C18H28N2O6S. The molecule has 2 rings (SSSR count). The van der Waals surface area contributed by atoms with Crippen LogP contribution in [0.2, 0.25) is 0 Å². The van der Waals surface area contributed by atoms with Crippen molar-refractivity contribution in [1.82, 2.24) is 4.72 Å². The molecule has 152 valence electrons. The van der Waals surface area contributed by atoms with Crippen LogP contribution in [0.1, 0.15) is 43.5 Å². The molecule has 0 amide bonds. The molecule has 1 atom stereocenters. The molecule has 0 saturated carbocycles. The van der Waals surface area contributed by atoms with E-state index in [9.17, 15) is 18.3 Å². The Morgan fingerprint density at radius 2 is 2.19 bits per heavy atom. The first-order valence-corrected chi connectivity index (χ1v) is 10.6. The minimum Gasteiger partial charge on any atom is -0.478 e. The Labute approximate surface area is 160 Å². The van der Waals surface area contributed by atoms with Crippen LogP contribution in [0, 0.1) is 0 Å². The van der Waals surface area contributed by atoms with Gasteiger partial charge >= 0.3 is 5.97 Å². The number of rotatable bonds is 11. The molecule has 1 fully saturated rings. The van der Waals surface area contributed by atoms with Crippen molar-refractivity contribution in [3.05, 3.63) is 23.8 Å². The Kier molecular flexibility index (Phi) is 8.03. The van der Waals surface area contributed by atoms with Crippen molar-refractivity contribution < 1.29 is 27.8 Å². The Morgan fingerprint density at radius 1 is 1.41 bits per heavy atom. The molecule has 0 unspecified atom stereocenters. The van der Waals surface area contributed by atoms with Crippen molar-refractivity contribution in [3.8, 4) is 0 Å². The minimum atomic E-state index is -3.88. The number of ether oxygens (including phenoxy) is 2. The number of carboxylic acid groups (broad SMARTS) is 1. The summed E-state index contributed by atoms with van der Waals surface area (Å²) in [5, 5.41) is 12.3. The third-order valence-electron chi connectivity index (χ3n) is 4.13. The summed E-state index contributed by atoms with van der Waals surface area (Å²) in [6.45, 7) is 5.75. The zero-order chi connectivity index (χ0) is 19.9. The second kappa shape index (κ2) is 10.0. The first-order chi connectivity index (χ1) is 12.8. The smallest absolute Gasteiger partial charge is 0.335 e. The van der Waals surface area contributed by atoms with Gasteiger partial charge < -0.3 is 19.9 Å². The number of carboxylic acids is 1. The maximum Gasteiger partial charge on any atom is 0.335 e. The lowest BCUT2D eigenvalue weighted by molar-refractivity contribution is 0.0696. The largest absolute Gasteiger partial charge is 0.478 e. The fourth-order valence-electron chi connectivity index (χ4n) is 2.72. The standard InChI is InChI=1S/C18H28N2O6S/c1-13(2)25-10-4-8-19-16-7-6-14(18(21)22)11-17(16)27(23,24)20-12-15-5-3-9-26-15/h6-7,11,13,15,19-20H,3-5,8-10,12H2,1-2H3,(H,21,22)/t15-/m1/s1. The maximum absolute atomic E-state index is 12.7. The summed E-state index contributed by atoms with van der Waals surface area (Å²) in [4.78, 5) is 11.2. The summed E-state index contributed by atoms with van der Waals surface area (Å²) < 4.78 is 38.9. The predicted octanol–water partition coefficient (Wildman–Crippen LogP) is 2.07. The van der Waals surface area contributed by atoms with E-state index in [0.717, 1.165) is 12.8 Å². The van der Waals surface area contributed by atoms with Crippen LogP contribution < -0.4 is 10.0 Å². The molecule has 0 bridgehead atoms. The average molecular weight is 400 g/mol. The molecule has 0 spiro atoms. The number of anilines is 1. The monoisotopic (exact) mass is 400 g/mol. The van der Waals surface area contributed by atoms with E-state index >= 15 is 0 Å².